The highest BCUT2D eigenvalue weighted by atomic mass is 35.5. The van der Waals surface area contributed by atoms with Gasteiger partial charge >= 0.3 is 0 Å². The van der Waals surface area contributed by atoms with Gasteiger partial charge < -0.3 is 20.1 Å². The van der Waals surface area contributed by atoms with E-state index >= 15 is 0 Å². The summed E-state index contributed by atoms with van der Waals surface area (Å²) >= 11 is 6.25. The Morgan fingerprint density at radius 1 is 1.00 bits per heavy atom. The van der Waals surface area contributed by atoms with Crippen LogP contribution >= 0.6 is 11.6 Å². The summed E-state index contributed by atoms with van der Waals surface area (Å²) in [5.74, 6) is 0.279. The first-order valence-corrected chi connectivity index (χ1v) is 8.85. The predicted molar refractivity (Wildman–Crippen MR) is 105 cm³/mol. The third-order valence-electron chi connectivity index (χ3n) is 4.44. The van der Waals surface area contributed by atoms with E-state index in [0.717, 1.165) is 11.1 Å². The molecule has 0 saturated heterocycles. The molecule has 0 unspecified atom stereocenters. The molecule has 1 aliphatic rings. The Hall–Kier alpha value is -2.73. The fourth-order valence-electron chi connectivity index (χ4n) is 2.71. The first-order valence-electron chi connectivity index (χ1n) is 8.48. The maximum Gasteiger partial charge on any atom is 0.239 e. The molecular formula is C20H21ClN2O4. The van der Waals surface area contributed by atoms with E-state index < -0.39 is 17.2 Å². The number of halogens is 1. The summed E-state index contributed by atoms with van der Waals surface area (Å²) in [6, 6.07) is 8.75. The second kappa shape index (κ2) is 7.12. The van der Waals surface area contributed by atoms with Gasteiger partial charge in [-0.2, -0.15) is 0 Å². The smallest absolute Gasteiger partial charge is 0.239 e. The molecule has 1 heterocycles. The van der Waals surface area contributed by atoms with Crippen LogP contribution in [0.5, 0.6) is 11.5 Å². The maximum absolute atomic E-state index is 12.8. The summed E-state index contributed by atoms with van der Waals surface area (Å²) in [7, 11) is 0. The van der Waals surface area contributed by atoms with Crippen molar-refractivity contribution in [3.05, 3.63) is 46.5 Å². The van der Waals surface area contributed by atoms with Gasteiger partial charge in [0.05, 0.1) is 10.7 Å². The first kappa shape index (κ1) is 19.0. The maximum atomic E-state index is 12.8. The van der Waals surface area contributed by atoms with Crippen molar-refractivity contribution in [1.82, 2.24) is 0 Å². The lowest BCUT2D eigenvalue weighted by atomic mass is 9.90. The molecule has 0 aliphatic carbocycles. The van der Waals surface area contributed by atoms with Crippen LogP contribution in [0, 0.1) is 19.3 Å². The van der Waals surface area contributed by atoms with E-state index in [9.17, 15) is 9.59 Å². The number of carbonyl (C=O) groups excluding carboxylic acids is 2. The minimum Gasteiger partial charge on any atom is -0.454 e. The summed E-state index contributed by atoms with van der Waals surface area (Å²) in [6.07, 6.45) is 0. The van der Waals surface area contributed by atoms with Crippen LogP contribution in [0.2, 0.25) is 5.02 Å². The molecule has 7 heteroatoms. The minimum absolute atomic E-state index is 0.150. The second-order valence-electron chi connectivity index (χ2n) is 7.04. The zero-order valence-electron chi connectivity index (χ0n) is 15.6. The number of rotatable bonds is 4. The van der Waals surface area contributed by atoms with Crippen molar-refractivity contribution in [1.29, 1.82) is 0 Å². The topological polar surface area (TPSA) is 76.7 Å². The van der Waals surface area contributed by atoms with Crippen molar-refractivity contribution in [2.45, 2.75) is 27.7 Å². The number of fused-ring (bicyclic) bond motifs is 1. The van der Waals surface area contributed by atoms with Gasteiger partial charge in [-0.05, 0) is 57.0 Å². The molecule has 0 spiro atoms. The normalized spacial score (nSPS) is 12.6. The first-order chi connectivity index (χ1) is 12.7. The van der Waals surface area contributed by atoms with Gasteiger partial charge in [-0.3, -0.25) is 9.59 Å². The lowest BCUT2D eigenvalue weighted by molar-refractivity contribution is -0.135. The number of benzene rings is 2. The number of hydrogen-bond acceptors (Lipinski definition) is 4. The number of hydrogen-bond donors (Lipinski definition) is 2. The summed E-state index contributed by atoms with van der Waals surface area (Å²) in [6.45, 7) is 7.04. The van der Waals surface area contributed by atoms with Crippen LogP contribution in [-0.2, 0) is 9.59 Å². The van der Waals surface area contributed by atoms with E-state index in [-0.39, 0.29) is 6.79 Å². The van der Waals surface area contributed by atoms with Crippen molar-refractivity contribution < 1.29 is 19.1 Å². The van der Waals surface area contributed by atoms with Gasteiger partial charge in [0.25, 0.3) is 0 Å². The predicted octanol–water partition coefficient (Wildman–Crippen LogP) is 4.29. The average molecular weight is 389 g/mol. The molecule has 142 valence electrons. The highest BCUT2D eigenvalue weighted by molar-refractivity contribution is 6.34. The molecule has 27 heavy (non-hydrogen) atoms. The van der Waals surface area contributed by atoms with Gasteiger partial charge in [0.15, 0.2) is 11.5 Å². The number of aryl methyl sites for hydroxylation is 2. The molecule has 2 aromatic rings. The Morgan fingerprint density at radius 2 is 1.67 bits per heavy atom. The van der Waals surface area contributed by atoms with Crippen molar-refractivity contribution in [2.75, 3.05) is 17.4 Å². The molecule has 0 radical (unpaired) electrons. The zero-order valence-corrected chi connectivity index (χ0v) is 16.4. The third kappa shape index (κ3) is 3.85. The number of amides is 2. The molecule has 0 atom stereocenters. The van der Waals surface area contributed by atoms with Crippen molar-refractivity contribution >= 4 is 34.8 Å². The van der Waals surface area contributed by atoms with E-state index in [1.807, 2.05) is 19.9 Å². The molecule has 0 saturated carbocycles. The van der Waals surface area contributed by atoms with Crippen LogP contribution in [0.1, 0.15) is 25.0 Å². The Kier molecular flexibility index (Phi) is 5.02. The number of ether oxygens (including phenoxy) is 2. The van der Waals surface area contributed by atoms with Crippen LogP contribution in [0.3, 0.4) is 0 Å². The minimum atomic E-state index is -1.32. The molecule has 2 amide bonds. The average Bonchev–Trinajstić information content (AvgIpc) is 3.05. The summed E-state index contributed by atoms with van der Waals surface area (Å²) in [5.41, 5.74) is 1.54. The summed E-state index contributed by atoms with van der Waals surface area (Å²) in [4.78, 5) is 25.5. The molecule has 2 aromatic carbocycles. The van der Waals surface area contributed by atoms with E-state index in [1.165, 1.54) is 0 Å². The Balaban J connectivity index is 1.75. The highest BCUT2D eigenvalue weighted by Crippen LogP contribution is 2.35. The van der Waals surface area contributed by atoms with E-state index in [0.29, 0.717) is 27.9 Å². The van der Waals surface area contributed by atoms with Gasteiger partial charge in [-0.1, -0.05) is 17.7 Å². The lowest BCUT2D eigenvalue weighted by Crippen LogP contribution is -2.41. The number of anilines is 2. The second-order valence-corrected chi connectivity index (χ2v) is 7.45. The summed E-state index contributed by atoms with van der Waals surface area (Å²) in [5, 5.41) is 5.96. The molecule has 0 fully saturated rings. The van der Waals surface area contributed by atoms with Crippen LogP contribution in [0.25, 0.3) is 0 Å². The standard InChI is InChI=1S/C20H21ClN2O4/c1-11-7-12(2)17(14(21)8-11)23-19(25)20(3,4)18(24)22-13-5-6-15-16(9-13)27-10-26-15/h5-9H,10H2,1-4H3,(H,22,24)(H,23,25). The van der Waals surface area contributed by atoms with Crippen molar-refractivity contribution in [3.63, 3.8) is 0 Å². The molecular weight excluding hydrogens is 368 g/mol. The van der Waals surface area contributed by atoms with Crippen LogP contribution < -0.4 is 20.1 Å². The van der Waals surface area contributed by atoms with E-state index in [1.54, 1.807) is 38.1 Å². The lowest BCUT2D eigenvalue weighted by Gasteiger charge is -2.24. The van der Waals surface area contributed by atoms with Gasteiger partial charge in [-0.25, -0.2) is 0 Å². The Bertz CT molecular complexity index is 901. The quantitative estimate of drug-likeness (QED) is 0.766. The Morgan fingerprint density at radius 3 is 2.37 bits per heavy atom. The van der Waals surface area contributed by atoms with Crippen molar-refractivity contribution in [2.24, 2.45) is 5.41 Å². The number of nitrogens with one attached hydrogen (secondary N) is 2. The molecule has 6 nitrogen and oxygen atoms in total. The summed E-state index contributed by atoms with van der Waals surface area (Å²) < 4.78 is 10.6. The SMILES string of the molecule is Cc1cc(C)c(NC(=O)C(C)(C)C(=O)Nc2ccc3c(c2)OCO3)c(Cl)c1. The molecule has 1 aliphatic heterocycles. The van der Waals surface area contributed by atoms with Crippen LogP contribution in [-0.4, -0.2) is 18.6 Å². The molecule has 2 N–H and O–H groups in total. The fourth-order valence-corrected chi connectivity index (χ4v) is 3.08. The van der Waals surface area contributed by atoms with Crippen LogP contribution in [0.15, 0.2) is 30.3 Å². The van der Waals surface area contributed by atoms with Crippen molar-refractivity contribution in [3.8, 4) is 11.5 Å². The number of carbonyl (C=O) groups is 2. The molecule has 3 rings (SSSR count). The highest BCUT2D eigenvalue weighted by Gasteiger charge is 2.37. The van der Waals surface area contributed by atoms with Gasteiger partial charge in [0, 0.05) is 11.8 Å². The van der Waals surface area contributed by atoms with Gasteiger partial charge in [0.2, 0.25) is 18.6 Å². The van der Waals surface area contributed by atoms with E-state index in [2.05, 4.69) is 10.6 Å². The van der Waals surface area contributed by atoms with Crippen LogP contribution in [0.4, 0.5) is 11.4 Å². The Labute approximate surface area is 162 Å². The monoisotopic (exact) mass is 388 g/mol. The fraction of sp³-hybridized carbons (Fsp3) is 0.300. The third-order valence-corrected chi connectivity index (χ3v) is 4.73. The largest absolute Gasteiger partial charge is 0.454 e. The van der Waals surface area contributed by atoms with Gasteiger partial charge in [-0.15, -0.1) is 0 Å². The molecule has 0 bridgehead atoms. The zero-order chi connectivity index (χ0) is 19.8. The molecule has 0 aromatic heterocycles. The van der Waals surface area contributed by atoms with E-state index in [4.69, 9.17) is 21.1 Å². The van der Waals surface area contributed by atoms with Gasteiger partial charge in [0.1, 0.15) is 5.41 Å².